The van der Waals surface area contributed by atoms with Crippen LogP contribution in [0.25, 0.3) is 0 Å². The van der Waals surface area contributed by atoms with E-state index in [1.54, 1.807) is 12.1 Å². The predicted molar refractivity (Wildman–Crippen MR) is 107 cm³/mol. The summed E-state index contributed by atoms with van der Waals surface area (Å²) >= 11 is 1.31. The van der Waals surface area contributed by atoms with Crippen LogP contribution >= 0.6 is 11.8 Å². The normalized spacial score (nSPS) is 18.1. The van der Waals surface area contributed by atoms with Gasteiger partial charge in [-0.05, 0) is 42.2 Å². The van der Waals surface area contributed by atoms with Crippen LogP contribution in [-0.2, 0) is 22.3 Å². The molecule has 2 aromatic rings. The number of amides is 2. The second-order valence-corrected chi connectivity index (χ2v) is 8.60. The summed E-state index contributed by atoms with van der Waals surface area (Å²) in [5.41, 5.74) is -0.187. The maximum atomic E-state index is 13.0. The molecule has 0 saturated carbocycles. The zero-order chi connectivity index (χ0) is 21.9. The van der Waals surface area contributed by atoms with Crippen LogP contribution in [0.1, 0.15) is 42.5 Å². The number of carbonyl (C=O) groups excluding carboxylic acids is 2. The molecule has 162 valence electrons. The number of hydrogen-bond acceptors (Lipinski definition) is 4. The molecule has 3 rings (SSSR count). The fourth-order valence-corrected chi connectivity index (χ4v) is 4.59. The number of benzene rings is 1. The van der Waals surface area contributed by atoms with Crippen LogP contribution in [0, 0.1) is 5.92 Å². The minimum absolute atomic E-state index is 0.135. The van der Waals surface area contributed by atoms with Crippen molar-refractivity contribution < 1.29 is 27.2 Å². The minimum Gasteiger partial charge on any atom is -0.467 e. The van der Waals surface area contributed by atoms with Crippen molar-refractivity contribution in [3.63, 3.8) is 0 Å². The van der Waals surface area contributed by atoms with Gasteiger partial charge in [0, 0.05) is 0 Å². The Kier molecular flexibility index (Phi) is 6.80. The number of hydrogen-bond donors (Lipinski definition) is 1. The number of rotatable bonds is 7. The Morgan fingerprint density at radius 3 is 2.53 bits per heavy atom. The second kappa shape index (κ2) is 9.16. The summed E-state index contributed by atoms with van der Waals surface area (Å²) in [6.45, 7) is 4.10. The number of thioether (sulfide) groups is 1. The number of nitrogens with zero attached hydrogens (tertiary/aromatic N) is 1. The highest BCUT2D eigenvalue weighted by Crippen LogP contribution is 2.42. The molecule has 1 aromatic carbocycles. The van der Waals surface area contributed by atoms with E-state index in [2.05, 4.69) is 5.32 Å². The third-order valence-electron chi connectivity index (χ3n) is 4.78. The van der Waals surface area contributed by atoms with Crippen molar-refractivity contribution in [1.29, 1.82) is 0 Å². The van der Waals surface area contributed by atoms with Gasteiger partial charge in [0.2, 0.25) is 11.8 Å². The highest BCUT2D eigenvalue weighted by atomic mass is 32.2. The number of halogens is 3. The van der Waals surface area contributed by atoms with E-state index in [1.807, 2.05) is 13.8 Å². The lowest BCUT2D eigenvalue weighted by Crippen LogP contribution is -2.49. The van der Waals surface area contributed by atoms with Gasteiger partial charge in [0.25, 0.3) is 0 Å². The zero-order valence-electron chi connectivity index (χ0n) is 16.6. The summed E-state index contributed by atoms with van der Waals surface area (Å²) in [6, 6.07) is 7.48. The van der Waals surface area contributed by atoms with Crippen LogP contribution in [0.4, 0.5) is 13.2 Å². The summed E-state index contributed by atoms with van der Waals surface area (Å²) < 4.78 is 43.9. The molecule has 2 atom stereocenters. The minimum atomic E-state index is -4.43. The predicted octanol–water partition coefficient (Wildman–Crippen LogP) is 4.60. The van der Waals surface area contributed by atoms with E-state index in [4.69, 9.17) is 4.42 Å². The molecule has 1 fully saturated rings. The third kappa shape index (κ3) is 5.19. The lowest BCUT2D eigenvalue weighted by Gasteiger charge is -2.33. The van der Waals surface area contributed by atoms with Crippen molar-refractivity contribution in [2.24, 2.45) is 5.92 Å². The smallest absolute Gasteiger partial charge is 0.416 e. The Balaban J connectivity index is 1.82. The SMILES string of the molecule is CC(C)CC(C(=O)NCc1ccco1)N1C(=O)CSC1c1ccc(C(F)(F)F)cc1. The van der Waals surface area contributed by atoms with Crippen LogP contribution in [0.3, 0.4) is 0 Å². The van der Waals surface area contributed by atoms with Gasteiger partial charge < -0.3 is 14.6 Å². The maximum absolute atomic E-state index is 13.0. The third-order valence-corrected chi connectivity index (χ3v) is 6.01. The van der Waals surface area contributed by atoms with Crippen molar-refractivity contribution in [3.05, 3.63) is 59.5 Å². The number of furan rings is 1. The van der Waals surface area contributed by atoms with Gasteiger partial charge in [-0.2, -0.15) is 13.2 Å². The van der Waals surface area contributed by atoms with Gasteiger partial charge in [-0.3, -0.25) is 9.59 Å². The van der Waals surface area contributed by atoms with Crippen molar-refractivity contribution in [1.82, 2.24) is 10.2 Å². The Morgan fingerprint density at radius 1 is 1.27 bits per heavy atom. The summed E-state index contributed by atoms with van der Waals surface area (Å²) in [4.78, 5) is 27.1. The van der Waals surface area contributed by atoms with E-state index in [0.29, 0.717) is 17.7 Å². The Labute approximate surface area is 177 Å². The summed E-state index contributed by atoms with van der Waals surface area (Å²) in [5.74, 6) is 0.381. The Hall–Kier alpha value is -2.42. The average molecular weight is 440 g/mol. The van der Waals surface area contributed by atoms with Crippen LogP contribution in [0.15, 0.2) is 47.1 Å². The number of carbonyl (C=O) groups is 2. The summed E-state index contributed by atoms with van der Waals surface area (Å²) in [5, 5.41) is 2.29. The molecule has 2 heterocycles. The van der Waals surface area contributed by atoms with E-state index in [0.717, 1.165) is 12.1 Å². The zero-order valence-corrected chi connectivity index (χ0v) is 17.4. The summed E-state index contributed by atoms with van der Waals surface area (Å²) in [6.07, 6.45) is -2.48. The molecule has 0 radical (unpaired) electrons. The van der Waals surface area contributed by atoms with Gasteiger partial charge in [0.05, 0.1) is 24.1 Å². The molecule has 1 saturated heterocycles. The van der Waals surface area contributed by atoms with E-state index >= 15 is 0 Å². The molecule has 9 heteroatoms. The maximum Gasteiger partial charge on any atom is 0.416 e. The lowest BCUT2D eigenvalue weighted by molar-refractivity contribution is -0.139. The molecule has 2 unspecified atom stereocenters. The molecule has 2 amide bonds. The molecule has 1 N–H and O–H groups in total. The van der Waals surface area contributed by atoms with Crippen molar-refractivity contribution in [2.45, 2.75) is 44.4 Å². The van der Waals surface area contributed by atoms with Crippen molar-refractivity contribution in [2.75, 3.05) is 5.75 Å². The van der Waals surface area contributed by atoms with Crippen LogP contribution in [0.2, 0.25) is 0 Å². The fourth-order valence-electron chi connectivity index (χ4n) is 3.37. The molecular weight excluding hydrogens is 417 g/mol. The molecule has 1 aliphatic rings. The van der Waals surface area contributed by atoms with Gasteiger partial charge in [0.1, 0.15) is 17.2 Å². The van der Waals surface area contributed by atoms with Gasteiger partial charge in [0.15, 0.2) is 0 Å². The van der Waals surface area contributed by atoms with E-state index in [9.17, 15) is 22.8 Å². The van der Waals surface area contributed by atoms with Gasteiger partial charge in [-0.15, -0.1) is 11.8 Å². The highest BCUT2D eigenvalue weighted by molar-refractivity contribution is 8.00. The first kappa shape index (κ1) is 22.3. The Morgan fingerprint density at radius 2 is 1.97 bits per heavy atom. The van der Waals surface area contributed by atoms with Gasteiger partial charge in [-0.25, -0.2) is 0 Å². The van der Waals surface area contributed by atoms with Crippen molar-refractivity contribution >= 4 is 23.6 Å². The first-order valence-electron chi connectivity index (χ1n) is 9.57. The van der Waals surface area contributed by atoms with Gasteiger partial charge >= 0.3 is 6.18 Å². The number of alkyl halides is 3. The topological polar surface area (TPSA) is 62.6 Å². The van der Waals surface area contributed by atoms with E-state index in [1.165, 1.54) is 35.1 Å². The van der Waals surface area contributed by atoms with E-state index < -0.39 is 23.2 Å². The molecule has 5 nitrogen and oxygen atoms in total. The highest BCUT2D eigenvalue weighted by Gasteiger charge is 2.41. The number of nitrogens with one attached hydrogen (secondary N) is 1. The monoisotopic (exact) mass is 440 g/mol. The molecular formula is C21H23F3N2O3S. The lowest BCUT2D eigenvalue weighted by atomic mass is 10.00. The van der Waals surface area contributed by atoms with Crippen LogP contribution in [-0.4, -0.2) is 28.5 Å². The molecule has 0 spiro atoms. The quantitative estimate of drug-likeness (QED) is 0.683. The fraction of sp³-hybridized carbons (Fsp3) is 0.429. The van der Waals surface area contributed by atoms with E-state index in [-0.39, 0.29) is 30.0 Å². The van der Waals surface area contributed by atoms with Crippen LogP contribution < -0.4 is 5.32 Å². The summed E-state index contributed by atoms with van der Waals surface area (Å²) in [7, 11) is 0. The van der Waals surface area contributed by atoms with Crippen molar-refractivity contribution in [3.8, 4) is 0 Å². The average Bonchev–Trinajstić information content (AvgIpc) is 3.33. The molecule has 0 aliphatic carbocycles. The first-order valence-corrected chi connectivity index (χ1v) is 10.6. The Bertz CT molecular complexity index is 867. The van der Waals surface area contributed by atoms with Crippen LogP contribution in [0.5, 0.6) is 0 Å². The second-order valence-electron chi connectivity index (χ2n) is 7.53. The molecule has 1 aromatic heterocycles. The van der Waals surface area contributed by atoms with Gasteiger partial charge in [-0.1, -0.05) is 26.0 Å². The molecule has 0 bridgehead atoms. The molecule has 30 heavy (non-hydrogen) atoms. The standard InChI is InChI=1S/C21H23F3N2O3S/c1-13(2)10-17(19(28)25-11-16-4-3-9-29-16)26-18(27)12-30-20(26)14-5-7-15(8-6-14)21(22,23)24/h3-9,13,17,20H,10-12H2,1-2H3,(H,25,28). The first-order chi connectivity index (χ1) is 14.2. The molecule has 1 aliphatic heterocycles. The largest absolute Gasteiger partial charge is 0.467 e.